The van der Waals surface area contributed by atoms with E-state index in [1.807, 2.05) is 0 Å². The van der Waals surface area contributed by atoms with Gasteiger partial charge >= 0.3 is 0 Å². The zero-order chi connectivity index (χ0) is 13.2. The summed E-state index contributed by atoms with van der Waals surface area (Å²) in [5, 5.41) is 8.09. The van der Waals surface area contributed by atoms with Gasteiger partial charge in [0, 0.05) is 12.5 Å². The number of hydrogen-bond acceptors (Lipinski definition) is 4. The van der Waals surface area contributed by atoms with Gasteiger partial charge in [-0.15, -0.1) is 0 Å². The Morgan fingerprint density at radius 3 is 2.83 bits per heavy atom. The summed E-state index contributed by atoms with van der Waals surface area (Å²) in [5.74, 6) is -0.302. The number of primary sulfonamides is 1. The molecule has 1 fully saturated rings. The highest BCUT2D eigenvalue weighted by molar-refractivity contribution is 7.89. The topological polar surface area (TPSA) is 81.4 Å². The van der Waals surface area contributed by atoms with Gasteiger partial charge < -0.3 is 10.1 Å². The van der Waals surface area contributed by atoms with Crippen molar-refractivity contribution in [3.05, 3.63) is 24.0 Å². The lowest BCUT2D eigenvalue weighted by Gasteiger charge is -2.11. The van der Waals surface area contributed by atoms with E-state index in [0.29, 0.717) is 12.5 Å². The molecule has 0 amide bonds. The van der Waals surface area contributed by atoms with E-state index in [1.165, 1.54) is 12.1 Å². The Morgan fingerprint density at radius 2 is 2.28 bits per heavy atom. The summed E-state index contributed by atoms with van der Waals surface area (Å²) < 4.78 is 41.0. The first-order valence-corrected chi connectivity index (χ1v) is 7.17. The molecule has 0 saturated carbocycles. The van der Waals surface area contributed by atoms with Crippen LogP contribution in [0.5, 0.6) is 5.75 Å². The molecule has 3 N–H and O–H groups in total. The number of nitrogens with two attached hydrogens (primary N) is 1. The van der Waals surface area contributed by atoms with Crippen LogP contribution in [0.2, 0.25) is 0 Å². The maximum atomic E-state index is 13.6. The Labute approximate surface area is 105 Å². The smallest absolute Gasteiger partial charge is 0.238 e. The second-order valence-corrected chi connectivity index (χ2v) is 5.87. The quantitative estimate of drug-likeness (QED) is 0.836. The number of nitrogens with one attached hydrogen (secondary N) is 1. The van der Waals surface area contributed by atoms with Gasteiger partial charge in [0.1, 0.15) is 0 Å². The van der Waals surface area contributed by atoms with Crippen molar-refractivity contribution in [3.63, 3.8) is 0 Å². The van der Waals surface area contributed by atoms with Crippen LogP contribution < -0.4 is 15.2 Å². The summed E-state index contributed by atoms with van der Waals surface area (Å²) >= 11 is 0. The van der Waals surface area contributed by atoms with E-state index in [2.05, 4.69) is 5.32 Å². The van der Waals surface area contributed by atoms with Gasteiger partial charge in [-0.3, -0.25) is 0 Å². The molecule has 0 aromatic heterocycles. The normalized spacial score (nSPS) is 20.0. The van der Waals surface area contributed by atoms with E-state index in [4.69, 9.17) is 9.88 Å². The third-order valence-electron chi connectivity index (χ3n) is 2.87. The lowest BCUT2D eigenvalue weighted by molar-refractivity contribution is 0.249. The summed E-state index contributed by atoms with van der Waals surface area (Å²) in [6, 6.07) is 3.40. The third kappa shape index (κ3) is 3.18. The molecule has 0 bridgehead atoms. The first-order valence-electron chi connectivity index (χ1n) is 5.62. The average Bonchev–Trinajstić information content (AvgIpc) is 2.79. The molecule has 1 atom stereocenters. The molecule has 1 aromatic rings. The molecule has 0 radical (unpaired) electrons. The summed E-state index contributed by atoms with van der Waals surface area (Å²) in [6.45, 7) is 2.22. The zero-order valence-electron chi connectivity index (χ0n) is 9.73. The van der Waals surface area contributed by atoms with Gasteiger partial charge in [0.15, 0.2) is 11.6 Å². The minimum atomic E-state index is -3.88. The van der Waals surface area contributed by atoms with Gasteiger partial charge in [0.05, 0.1) is 11.5 Å². The highest BCUT2D eigenvalue weighted by atomic mass is 32.2. The predicted molar refractivity (Wildman–Crippen MR) is 64.2 cm³/mol. The molecule has 0 spiro atoms. The van der Waals surface area contributed by atoms with Crippen LogP contribution >= 0.6 is 0 Å². The van der Waals surface area contributed by atoms with E-state index in [0.717, 1.165) is 25.6 Å². The van der Waals surface area contributed by atoms with Crippen molar-refractivity contribution >= 4 is 10.0 Å². The summed E-state index contributed by atoms with van der Waals surface area (Å²) in [5.41, 5.74) is 0. The van der Waals surface area contributed by atoms with Crippen LogP contribution in [-0.2, 0) is 10.0 Å². The fraction of sp³-hybridized carbons (Fsp3) is 0.455. The van der Waals surface area contributed by atoms with Crippen LogP contribution in [0.3, 0.4) is 0 Å². The van der Waals surface area contributed by atoms with E-state index < -0.39 is 15.8 Å². The minimum absolute atomic E-state index is 0.0503. The molecule has 0 aliphatic carbocycles. The minimum Gasteiger partial charge on any atom is -0.490 e. The monoisotopic (exact) mass is 274 g/mol. The van der Waals surface area contributed by atoms with Gasteiger partial charge in [-0.1, -0.05) is 0 Å². The highest BCUT2D eigenvalue weighted by Gasteiger charge is 2.17. The fourth-order valence-corrected chi connectivity index (χ4v) is 2.37. The number of hydrogen-bond donors (Lipinski definition) is 2. The van der Waals surface area contributed by atoms with Crippen LogP contribution in [0.25, 0.3) is 0 Å². The van der Waals surface area contributed by atoms with E-state index in [1.54, 1.807) is 0 Å². The first-order chi connectivity index (χ1) is 8.47. The molecule has 100 valence electrons. The Kier molecular flexibility index (Phi) is 3.84. The van der Waals surface area contributed by atoms with Crippen LogP contribution in [-0.4, -0.2) is 28.1 Å². The zero-order valence-corrected chi connectivity index (χ0v) is 10.5. The van der Waals surface area contributed by atoms with Gasteiger partial charge in [-0.05, 0) is 31.2 Å². The van der Waals surface area contributed by atoms with E-state index in [-0.39, 0.29) is 10.6 Å². The molecule has 5 nitrogen and oxygen atoms in total. The van der Waals surface area contributed by atoms with Crippen LogP contribution in [0, 0.1) is 11.7 Å². The molecule has 18 heavy (non-hydrogen) atoms. The number of halogens is 1. The summed E-state index contributed by atoms with van der Waals surface area (Å²) in [4.78, 5) is -0.255. The predicted octanol–water partition coefficient (Wildman–Crippen LogP) is 0.461. The third-order valence-corrected chi connectivity index (χ3v) is 3.78. The first kappa shape index (κ1) is 13.3. The number of benzene rings is 1. The largest absolute Gasteiger partial charge is 0.490 e. The number of sulfonamides is 1. The molecule has 1 heterocycles. The molecule has 1 aromatic carbocycles. The lowest BCUT2D eigenvalue weighted by Crippen LogP contribution is -2.16. The van der Waals surface area contributed by atoms with Gasteiger partial charge in [-0.25, -0.2) is 17.9 Å². The van der Waals surface area contributed by atoms with Crippen molar-refractivity contribution in [1.82, 2.24) is 5.32 Å². The Bertz CT molecular complexity index is 527. The number of ether oxygens (including phenoxy) is 1. The van der Waals surface area contributed by atoms with E-state index >= 15 is 0 Å². The number of rotatable bonds is 4. The second-order valence-electron chi connectivity index (χ2n) is 4.31. The average molecular weight is 274 g/mol. The molecule has 1 unspecified atom stereocenters. The molecule has 2 rings (SSSR count). The van der Waals surface area contributed by atoms with Crippen LogP contribution in [0.15, 0.2) is 23.1 Å². The van der Waals surface area contributed by atoms with Gasteiger partial charge in [-0.2, -0.15) is 0 Å². The van der Waals surface area contributed by atoms with Crippen molar-refractivity contribution in [2.75, 3.05) is 19.7 Å². The standard InChI is InChI=1S/C11H15FN2O3S/c12-10-5-9(18(13,15)16)1-2-11(10)17-7-8-3-4-14-6-8/h1-2,5,8,14H,3-4,6-7H2,(H2,13,15,16). The maximum Gasteiger partial charge on any atom is 0.238 e. The lowest BCUT2D eigenvalue weighted by atomic mass is 10.1. The van der Waals surface area contributed by atoms with Crippen molar-refractivity contribution in [2.45, 2.75) is 11.3 Å². The van der Waals surface area contributed by atoms with Gasteiger partial charge in [0.25, 0.3) is 0 Å². The Morgan fingerprint density at radius 1 is 1.50 bits per heavy atom. The van der Waals surface area contributed by atoms with Crippen molar-refractivity contribution in [1.29, 1.82) is 0 Å². The molecule has 1 saturated heterocycles. The Hall–Kier alpha value is -1.18. The second kappa shape index (κ2) is 5.21. The molecule has 7 heteroatoms. The van der Waals surface area contributed by atoms with Crippen molar-refractivity contribution in [3.8, 4) is 5.75 Å². The summed E-state index contributed by atoms with van der Waals surface area (Å²) in [7, 11) is -3.88. The fourth-order valence-electron chi connectivity index (χ4n) is 1.84. The van der Waals surface area contributed by atoms with Crippen LogP contribution in [0.4, 0.5) is 4.39 Å². The summed E-state index contributed by atoms with van der Waals surface area (Å²) in [6.07, 6.45) is 0.997. The van der Waals surface area contributed by atoms with Crippen LogP contribution in [0.1, 0.15) is 6.42 Å². The van der Waals surface area contributed by atoms with Crippen molar-refractivity contribution < 1.29 is 17.5 Å². The SMILES string of the molecule is NS(=O)(=O)c1ccc(OCC2CCNC2)c(F)c1. The van der Waals surface area contributed by atoms with Crippen molar-refractivity contribution in [2.24, 2.45) is 11.1 Å². The Balaban J connectivity index is 2.05. The molecular formula is C11H15FN2O3S. The van der Waals surface area contributed by atoms with Gasteiger partial charge in [0.2, 0.25) is 10.0 Å². The molecule has 1 aliphatic heterocycles. The highest BCUT2D eigenvalue weighted by Crippen LogP contribution is 2.21. The molecule has 1 aliphatic rings. The van der Waals surface area contributed by atoms with E-state index in [9.17, 15) is 12.8 Å². The molecular weight excluding hydrogens is 259 g/mol. The maximum absolute atomic E-state index is 13.6.